The number of anilines is 3. The Morgan fingerprint density at radius 3 is 3.13 bits per heavy atom. The van der Waals surface area contributed by atoms with Gasteiger partial charge in [-0.15, -0.1) is 0 Å². The quantitative estimate of drug-likeness (QED) is 0.757. The molecule has 1 aliphatic carbocycles. The molecule has 8 heteroatoms. The Balaban J connectivity index is 1.46. The number of nitrogens with one attached hydrogen (secondary N) is 2. The fourth-order valence-corrected chi connectivity index (χ4v) is 2.72. The van der Waals surface area contributed by atoms with Crippen molar-refractivity contribution in [3.8, 4) is 0 Å². The maximum absolute atomic E-state index is 9.24. The molecule has 1 saturated carbocycles. The molecule has 2 aromatic heterocycles. The van der Waals surface area contributed by atoms with Crippen LogP contribution in [-0.2, 0) is 4.74 Å². The molecule has 23 heavy (non-hydrogen) atoms. The van der Waals surface area contributed by atoms with Gasteiger partial charge in [0.2, 0.25) is 5.95 Å². The second-order valence-electron chi connectivity index (χ2n) is 5.97. The number of morpholine rings is 1. The van der Waals surface area contributed by atoms with Crippen LogP contribution < -0.4 is 10.2 Å². The molecule has 0 amide bonds. The van der Waals surface area contributed by atoms with Gasteiger partial charge in [-0.3, -0.25) is 5.10 Å². The molecule has 3 heterocycles. The van der Waals surface area contributed by atoms with Crippen molar-refractivity contribution in [2.24, 2.45) is 0 Å². The highest BCUT2D eigenvalue weighted by Crippen LogP contribution is 2.39. The third-order valence-corrected chi connectivity index (χ3v) is 4.14. The third-order valence-electron chi connectivity index (χ3n) is 4.14. The van der Waals surface area contributed by atoms with Crippen LogP contribution in [0, 0.1) is 0 Å². The number of ether oxygens (including phenoxy) is 1. The minimum absolute atomic E-state index is 0.00561. The minimum Gasteiger partial charge on any atom is -0.394 e. The Morgan fingerprint density at radius 2 is 2.30 bits per heavy atom. The summed E-state index contributed by atoms with van der Waals surface area (Å²) >= 11 is 0. The summed E-state index contributed by atoms with van der Waals surface area (Å²) < 4.78 is 5.46. The van der Waals surface area contributed by atoms with Gasteiger partial charge < -0.3 is 20.1 Å². The first-order chi connectivity index (χ1) is 11.3. The number of aliphatic hydroxyl groups is 1. The zero-order valence-corrected chi connectivity index (χ0v) is 12.8. The van der Waals surface area contributed by atoms with Crippen LogP contribution in [0.2, 0.25) is 0 Å². The Kier molecular flexibility index (Phi) is 3.84. The number of aliphatic hydroxyl groups excluding tert-OH is 1. The van der Waals surface area contributed by atoms with E-state index in [9.17, 15) is 5.11 Å². The van der Waals surface area contributed by atoms with E-state index in [-0.39, 0.29) is 12.7 Å². The van der Waals surface area contributed by atoms with Crippen molar-refractivity contribution in [3.05, 3.63) is 24.0 Å². The van der Waals surface area contributed by atoms with Crippen LogP contribution in [0.1, 0.15) is 24.5 Å². The molecule has 8 nitrogen and oxygen atoms in total. The number of nitrogens with zero attached hydrogens (tertiary/aromatic N) is 4. The second-order valence-corrected chi connectivity index (χ2v) is 5.97. The summed E-state index contributed by atoms with van der Waals surface area (Å²) in [5.74, 6) is 2.75. The van der Waals surface area contributed by atoms with Crippen LogP contribution in [0.4, 0.5) is 17.6 Å². The molecule has 0 spiro atoms. The van der Waals surface area contributed by atoms with Crippen LogP contribution in [0.5, 0.6) is 0 Å². The lowest BCUT2D eigenvalue weighted by Crippen LogP contribution is -2.44. The number of hydrogen-bond donors (Lipinski definition) is 3. The zero-order valence-electron chi connectivity index (χ0n) is 12.8. The molecule has 0 bridgehead atoms. The summed E-state index contributed by atoms with van der Waals surface area (Å²) in [4.78, 5) is 10.9. The van der Waals surface area contributed by atoms with Crippen LogP contribution in [-0.4, -0.2) is 57.7 Å². The lowest BCUT2D eigenvalue weighted by molar-refractivity contribution is 0.00314. The molecular formula is C15H20N6O2. The highest BCUT2D eigenvalue weighted by molar-refractivity contribution is 5.53. The first-order valence-electron chi connectivity index (χ1n) is 7.94. The topological polar surface area (TPSA) is 99.2 Å². The van der Waals surface area contributed by atoms with Gasteiger partial charge in [-0.05, 0) is 18.9 Å². The average molecular weight is 316 g/mol. The van der Waals surface area contributed by atoms with Crippen LogP contribution >= 0.6 is 0 Å². The summed E-state index contributed by atoms with van der Waals surface area (Å²) in [5.41, 5.74) is 1.18. The van der Waals surface area contributed by atoms with E-state index < -0.39 is 0 Å². The fourth-order valence-electron chi connectivity index (χ4n) is 2.72. The lowest BCUT2D eigenvalue weighted by atomic mass is 10.3. The van der Waals surface area contributed by atoms with E-state index in [4.69, 9.17) is 4.74 Å². The van der Waals surface area contributed by atoms with Crippen molar-refractivity contribution in [1.82, 2.24) is 20.2 Å². The van der Waals surface area contributed by atoms with Crippen molar-refractivity contribution in [1.29, 1.82) is 0 Å². The SMILES string of the molecule is OCC1CN(c2nccc(Nc3cc(C4CC4)[nH]n3)n2)CCO1. The Bertz CT molecular complexity index is 671. The lowest BCUT2D eigenvalue weighted by Gasteiger charge is -2.32. The van der Waals surface area contributed by atoms with Gasteiger partial charge in [0.25, 0.3) is 0 Å². The van der Waals surface area contributed by atoms with Gasteiger partial charge in [-0.1, -0.05) is 0 Å². The molecule has 4 rings (SSSR count). The summed E-state index contributed by atoms with van der Waals surface area (Å²) in [6.45, 7) is 1.88. The molecule has 1 saturated heterocycles. The molecule has 1 aliphatic heterocycles. The third kappa shape index (κ3) is 3.27. The standard InChI is InChI=1S/C15H20N6O2/c22-9-11-8-21(5-6-23-11)15-16-4-3-13(18-15)17-14-7-12(19-20-14)10-1-2-10/h3-4,7,10-11,22H,1-2,5-6,8-9H2,(H2,16,17,18,19,20). The second kappa shape index (κ2) is 6.13. The average Bonchev–Trinajstić information content (AvgIpc) is 3.35. The van der Waals surface area contributed by atoms with Gasteiger partial charge >= 0.3 is 0 Å². The van der Waals surface area contributed by atoms with Gasteiger partial charge in [0, 0.05) is 37.0 Å². The first kappa shape index (κ1) is 14.4. The van der Waals surface area contributed by atoms with Gasteiger partial charge in [0.05, 0.1) is 19.3 Å². The summed E-state index contributed by atoms with van der Waals surface area (Å²) in [6, 6.07) is 3.86. The van der Waals surface area contributed by atoms with E-state index in [1.807, 2.05) is 17.0 Å². The van der Waals surface area contributed by atoms with E-state index in [1.165, 1.54) is 18.5 Å². The molecule has 1 unspecified atom stereocenters. The molecule has 2 aromatic rings. The molecule has 0 aromatic carbocycles. The molecular weight excluding hydrogens is 296 g/mol. The first-order valence-corrected chi connectivity index (χ1v) is 7.94. The maximum Gasteiger partial charge on any atom is 0.227 e. The van der Waals surface area contributed by atoms with Crippen molar-refractivity contribution in [3.63, 3.8) is 0 Å². The number of rotatable bonds is 5. The minimum atomic E-state index is -0.184. The van der Waals surface area contributed by atoms with E-state index in [0.717, 1.165) is 5.82 Å². The number of aromatic amines is 1. The van der Waals surface area contributed by atoms with Crippen molar-refractivity contribution in [2.75, 3.05) is 36.5 Å². The van der Waals surface area contributed by atoms with Gasteiger partial charge in [-0.25, -0.2) is 4.98 Å². The Hall–Kier alpha value is -2.19. The Labute approximate surface area is 133 Å². The van der Waals surface area contributed by atoms with E-state index in [0.29, 0.717) is 37.4 Å². The predicted octanol–water partition coefficient (Wildman–Crippen LogP) is 1.02. The largest absolute Gasteiger partial charge is 0.394 e. The van der Waals surface area contributed by atoms with Crippen LogP contribution in [0.3, 0.4) is 0 Å². The van der Waals surface area contributed by atoms with Crippen LogP contribution in [0.25, 0.3) is 0 Å². The van der Waals surface area contributed by atoms with Crippen molar-refractivity contribution in [2.45, 2.75) is 24.9 Å². The maximum atomic E-state index is 9.24. The van der Waals surface area contributed by atoms with E-state index >= 15 is 0 Å². The van der Waals surface area contributed by atoms with Crippen LogP contribution in [0.15, 0.2) is 18.3 Å². The van der Waals surface area contributed by atoms with Crippen molar-refractivity contribution < 1.29 is 9.84 Å². The molecule has 2 fully saturated rings. The normalized spacial score (nSPS) is 21.4. The van der Waals surface area contributed by atoms with Gasteiger partial charge in [-0.2, -0.15) is 10.1 Å². The predicted molar refractivity (Wildman–Crippen MR) is 84.9 cm³/mol. The Morgan fingerprint density at radius 1 is 1.39 bits per heavy atom. The van der Waals surface area contributed by atoms with Gasteiger partial charge in [0.1, 0.15) is 5.82 Å². The molecule has 3 N–H and O–H groups in total. The smallest absolute Gasteiger partial charge is 0.227 e. The summed E-state index contributed by atoms with van der Waals surface area (Å²) in [5, 5.41) is 19.8. The summed E-state index contributed by atoms with van der Waals surface area (Å²) in [6.07, 6.45) is 4.02. The molecule has 1 atom stereocenters. The highest BCUT2D eigenvalue weighted by atomic mass is 16.5. The molecule has 2 aliphatic rings. The van der Waals surface area contributed by atoms with E-state index in [2.05, 4.69) is 25.5 Å². The van der Waals surface area contributed by atoms with E-state index in [1.54, 1.807) is 6.20 Å². The number of H-pyrrole nitrogens is 1. The molecule has 0 radical (unpaired) electrons. The zero-order chi connectivity index (χ0) is 15.6. The summed E-state index contributed by atoms with van der Waals surface area (Å²) in [7, 11) is 0. The number of aromatic nitrogens is 4. The van der Waals surface area contributed by atoms with Crippen molar-refractivity contribution >= 4 is 17.6 Å². The monoisotopic (exact) mass is 316 g/mol. The van der Waals surface area contributed by atoms with Gasteiger partial charge in [0.15, 0.2) is 5.82 Å². The highest BCUT2D eigenvalue weighted by Gasteiger charge is 2.25. The number of hydrogen-bond acceptors (Lipinski definition) is 7. The molecule has 122 valence electrons. The fraction of sp³-hybridized carbons (Fsp3) is 0.533.